The van der Waals surface area contributed by atoms with Gasteiger partial charge in [0.1, 0.15) is 0 Å². The minimum absolute atomic E-state index is 0.0178. The lowest BCUT2D eigenvalue weighted by Crippen LogP contribution is -2.33. The second-order valence-electron chi connectivity index (χ2n) is 6.28. The number of ether oxygens (including phenoxy) is 1. The average Bonchev–Trinajstić information content (AvgIpc) is 2.59. The van der Waals surface area contributed by atoms with Crippen LogP contribution in [0.5, 0.6) is 0 Å². The third-order valence-electron chi connectivity index (χ3n) is 4.26. The van der Waals surface area contributed by atoms with Crippen LogP contribution in [-0.2, 0) is 14.3 Å². The zero-order valence-corrected chi connectivity index (χ0v) is 14.6. The van der Waals surface area contributed by atoms with Crippen LogP contribution in [0.25, 0.3) is 0 Å². The lowest BCUT2D eigenvalue weighted by molar-refractivity contribution is -0.129. The first-order valence-corrected chi connectivity index (χ1v) is 9.17. The highest BCUT2D eigenvalue weighted by Crippen LogP contribution is 2.17. The van der Waals surface area contributed by atoms with Crippen molar-refractivity contribution < 1.29 is 19.5 Å². The Morgan fingerprint density at radius 1 is 1.21 bits per heavy atom. The van der Waals surface area contributed by atoms with E-state index in [-0.39, 0.29) is 17.7 Å². The molecule has 0 aromatic carbocycles. The van der Waals surface area contributed by atoms with Gasteiger partial charge in [-0.1, -0.05) is 25.0 Å². The smallest absolute Gasteiger partial charge is 0.243 e. The van der Waals surface area contributed by atoms with Crippen LogP contribution in [-0.4, -0.2) is 36.8 Å². The maximum Gasteiger partial charge on any atom is 0.243 e. The van der Waals surface area contributed by atoms with Gasteiger partial charge < -0.3 is 10.1 Å². The number of carbonyl (C=O) groups excluding carboxylic acids is 2. The molecule has 0 saturated heterocycles. The first kappa shape index (κ1) is 20.6. The van der Waals surface area contributed by atoms with E-state index in [4.69, 9.17) is 9.94 Å². The van der Waals surface area contributed by atoms with Gasteiger partial charge in [0, 0.05) is 25.5 Å². The molecule has 138 valence electrons. The Morgan fingerprint density at radius 2 is 2.04 bits per heavy atom. The number of unbranched alkanes of at least 4 members (excludes halogenated alkanes) is 2. The number of carbonyl (C=O) groups is 2. The highest BCUT2D eigenvalue weighted by molar-refractivity contribution is 5.78. The van der Waals surface area contributed by atoms with Crippen LogP contribution in [0.3, 0.4) is 0 Å². The van der Waals surface area contributed by atoms with Crippen LogP contribution in [0.4, 0.5) is 0 Å². The Labute approximate surface area is 145 Å². The van der Waals surface area contributed by atoms with Gasteiger partial charge in [-0.05, 0) is 44.9 Å². The van der Waals surface area contributed by atoms with Crippen LogP contribution in [0.15, 0.2) is 12.2 Å². The molecule has 1 unspecified atom stereocenters. The number of rotatable bonds is 6. The molecule has 0 aliphatic carbocycles. The van der Waals surface area contributed by atoms with Gasteiger partial charge in [-0.25, -0.2) is 5.48 Å². The monoisotopic (exact) mass is 340 g/mol. The third kappa shape index (κ3) is 10.4. The number of nitrogens with one attached hydrogen (secondary N) is 2. The Morgan fingerprint density at radius 3 is 2.88 bits per heavy atom. The molecular formula is C18H32N2O4. The fraction of sp³-hybridized carbons (Fsp3) is 0.778. The SMILES string of the molecule is O=C(CCCCCC1CC/C=C\CCCCOCCNC1=O)NO. The summed E-state index contributed by atoms with van der Waals surface area (Å²) in [5.74, 6) is -0.225. The van der Waals surface area contributed by atoms with Gasteiger partial charge >= 0.3 is 0 Å². The van der Waals surface area contributed by atoms with Crippen molar-refractivity contribution in [1.82, 2.24) is 10.8 Å². The highest BCUT2D eigenvalue weighted by Gasteiger charge is 2.17. The van der Waals surface area contributed by atoms with Crippen LogP contribution < -0.4 is 10.8 Å². The lowest BCUT2D eigenvalue weighted by Gasteiger charge is -2.16. The van der Waals surface area contributed by atoms with Crippen molar-refractivity contribution in [3.63, 3.8) is 0 Å². The van der Waals surface area contributed by atoms with Gasteiger partial charge in [-0.2, -0.15) is 0 Å². The number of hydrogen-bond donors (Lipinski definition) is 3. The normalized spacial score (nSPS) is 22.2. The lowest BCUT2D eigenvalue weighted by atomic mass is 9.94. The molecule has 6 nitrogen and oxygen atoms in total. The topological polar surface area (TPSA) is 87.7 Å². The maximum absolute atomic E-state index is 12.3. The summed E-state index contributed by atoms with van der Waals surface area (Å²) in [4.78, 5) is 23.3. The Bertz CT molecular complexity index is 385. The fourth-order valence-corrected chi connectivity index (χ4v) is 2.81. The first-order chi connectivity index (χ1) is 11.7. The van der Waals surface area contributed by atoms with Crippen molar-refractivity contribution >= 4 is 11.8 Å². The molecule has 1 atom stereocenters. The molecule has 1 heterocycles. The summed E-state index contributed by atoms with van der Waals surface area (Å²) in [5, 5.41) is 11.4. The van der Waals surface area contributed by atoms with Crippen molar-refractivity contribution in [2.75, 3.05) is 19.8 Å². The molecule has 0 fully saturated rings. The number of hydroxylamine groups is 1. The highest BCUT2D eigenvalue weighted by atomic mass is 16.5. The summed E-state index contributed by atoms with van der Waals surface area (Å²) in [5.41, 5.74) is 1.64. The number of allylic oxidation sites excluding steroid dienone is 2. The second-order valence-corrected chi connectivity index (χ2v) is 6.28. The van der Waals surface area contributed by atoms with Crippen molar-refractivity contribution in [1.29, 1.82) is 0 Å². The largest absolute Gasteiger partial charge is 0.380 e. The van der Waals surface area contributed by atoms with Gasteiger partial charge in [-0.15, -0.1) is 0 Å². The molecule has 6 heteroatoms. The third-order valence-corrected chi connectivity index (χ3v) is 4.26. The van der Waals surface area contributed by atoms with Crippen LogP contribution in [0.2, 0.25) is 0 Å². The first-order valence-electron chi connectivity index (χ1n) is 9.17. The molecule has 0 saturated carbocycles. The van der Waals surface area contributed by atoms with E-state index in [0.717, 1.165) is 64.4 Å². The van der Waals surface area contributed by atoms with E-state index in [1.807, 2.05) is 0 Å². The molecule has 0 aromatic rings. The molecule has 0 spiro atoms. The van der Waals surface area contributed by atoms with Gasteiger partial charge in [0.25, 0.3) is 0 Å². The van der Waals surface area contributed by atoms with E-state index >= 15 is 0 Å². The molecule has 24 heavy (non-hydrogen) atoms. The van der Waals surface area contributed by atoms with Crippen molar-refractivity contribution in [2.45, 2.75) is 64.2 Å². The van der Waals surface area contributed by atoms with E-state index < -0.39 is 0 Å². The minimum Gasteiger partial charge on any atom is -0.380 e. The Hall–Kier alpha value is -1.40. The van der Waals surface area contributed by atoms with E-state index in [9.17, 15) is 9.59 Å². The van der Waals surface area contributed by atoms with Crippen LogP contribution in [0, 0.1) is 5.92 Å². The van der Waals surface area contributed by atoms with Gasteiger partial charge in [0.05, 0.1) is 6.61 Å². The standard InChI is InChI=1S/C18H32N2O4/c21-17(20-23)12-8-5-7-11-16-10-6-3-1-2-4-9-14-24-15-13-19-18(16)22/h1,3,16,23H,2,4-15H2,(H,19,22)(H,20,21)/b3-1-. The molecule has 3 N–H and O–H groups in total. The van der Waals surface area contributed by atoms with Gasteiger partial charge in [0.2, 0.25) is 11.8 Å². The zero-order valence-electron chi connectivity index (χ0n) is 14.6. The Kier molecular flexibility index (Phi) is 12.0. The van der Waals surface area contributed by atoms with Crippen molar-refractivity contribution in [2.24, 2.45) is 5.92 Å². The average molecular weight is 340 g/mol. The van der Waals surface area contributed by atoms with Gasteiger partial charge in [0.15, 0.2) is 0 Å². The predicted molar refractivity (Wildman–Crippen MR) is 92.6 cm³/mol. The van der Waals surface area contributed by atoms with Gasteiger partial charge in [-0.3, -0.25) is 14.8 Å². The van der Waals surface area contributed by atoms with E-state index in [1.54, 1.807) is 5.48 Å². The predicted octanol–water partition coefficient (Wildman–Crippen LogP) is 2.71. The van der Waals surface area contributed by atoms with Crippen molar-refractivity contribution in [3.8, 4) is 0 Å². The number of hydrogen-bond acceptors (Lipinski definition) is 4. The molecule has 0 bridgehead atoms. The summed E-state index contributed by atoms with van der Waals surface area (Å²) in [7, 11) is 0. The maximum atomic E-state index is 12.3. The molecule has 0 aromatic heterocycles. The Balaban J connectivity index is 2.34. The summed E-state index contributed by atoms with van der Waals surface area (Å²) in [6.45, 7) is 1.90. The van der Waals surface area contributed by atoms with E-state index in [0.29, 0.717) is 19.6 Å². The van der Waals surface area contributed by atoms with E-state index in [2.05, 4.69) is 17.5 Å². The molecular weight excluding hydrogens is 308 g/mol. The minimum atomic E-state index is -0.351. The van der Waals surface area contributed by atoms with Crippen LogP contribution in [0.1, 0.15) is 64.2 Å². The molecule has 0 radical (unpaired) electrons. The fourth-order valence-electron chi connectivity index (χ4n) is 2.81. The number of amides is 2. The zero-order chi connectivity index (χ0) is 17.5. The molecule has 1 aliphatic rings. The molecule has 1 rings (SSSR count). The quantitative estimate of drug-likeness (QED) is 0.300. The van der Waals surface area contributed by atoms with Crippen molar-refractivity contribution in [3.05, 3.63) is 12.2 Å². The summed E-state index contributed by atoms with van der Waals surface area (Å²) >= 11 is 0. The molecule has 2 amide bonds. The molecule has 1 aliphatic heterocycles. The van der Waals surface area contributed by atoms with E-state index in [1.165, 1.54) is 0 Å². The summed E-state index contributed by atoms with van der Waals surface area (Å²) in [6, 6.07) is 0. The second kappa shape index (κ2) is 14.0. The summed E-state index contributed by atoms with van der Waals surface area (Å²) < 4.78 is 5.51. The van der Waals surface area contributed by atoms with Crippen LogP contribution >= 0.6 is 0 Å². The summed E-state index contributed by atoms with van der Waals surface area (Å²) in [6.07, 6.45) is 13.2.